The van der Waals surface area contributed by atoms with Crippen LogP contribution in [0.5, 0.6) is 0 Å². The highest BCUT2D eigenvalue weighted by molar-refractivity contribution is 5.86. The summed E-state index contributed by atoms with van der Waals surface area (Å²) in [5, 5.41) is 18.5. The average molecular weight is 534 g/mol. The molecule has 39 heavy (non-hydrogen) atoms. The molecular formula is C30H39N5O4. The molecule has 3 fully saturated rings. The Morgan fingerprint density at radius 3 is 2.69 bits per heavy atom. The predicted octanol–water partition coefficient (Wildman–Crippen LogP) is 2.72. The molecule has 2 aliphatic heterocycles. The van der Waals surface area contributed by atoms with Crippen molar-refractivity contribution in [2.45, 2.75) is 56.8 Å². The fraction of sp³-hybridized carbons (Fsp3) is 0.567. The number of hydrogen-bond acceptors (Lipinski definition) is 8. The van der Waals surface area contributed by atoms with Gasteiger partial charge in [-0.15, -0.1) is 0 Å². The second kappa shape index (κ2) is 11.1. The highest BCUT2D eigenvalue weighted by atomic mass is 16.5. The summed E-state index contributed by atoms with van der Waals surface area (Å²) in [4.78, 5) is 22.5. The summed E-state index contributed by atoms with van der Waals surface area (Å²) in [5.74, 6) is 1.01. The molecule has 9 nitrogen and oxygen atoms in total. The molecule has 1 aliphatic carbocycles. The highest BCUT2D eigenvalue weighted by Gasteiger charge is 2.41. The van der Waals surface area contributed by atoms with Gasteiger partial charge in [0.15, 0.2) is 11.4 Å². The molecule has 0 bridgehead atoms. The van der Waals surface area contributed by atoms with E-state index >= 15 is 0 Å². The number of rotatable bonds is 5. The van der Waals surface area contributed by atoms with Crippen LogP contribution in [0.1, 0.15) is 55.3 Å². The van der Waals surface area contributed by atoms with Crippen molar-refractivity contribution in [3.8, 4) is 11.1 Å². The SMILES string of the molecule is Cc1cc(-c2ccc3nc([C@]4(CO)CNCCO4)nc([C@H]4OCCNC4C4CCCCC4)c3c2)cn(C)c1=O. The van der Waals surface area contributed by atoms with Gasteiger partial charge in [-0.05, 0) is 55.0 Å². The Kier molecular flexibility index (Phi) is 7.52. The lowest BCUT2D eigenvalue weighted by Gasteiger charge is -2.40. The van der Waals surface area contributed by atoms with Gasteiger partial charge in [0.1, 0.15) is 6.10 Å². The van der Waals surface area contributed by atoms with Gasteiger partial charge in [-0.25, -0.2) is 9.97 Å². The number of benzene rings is 1. The average Bonchev–Trinajstić information content (AvgIpc) is 2.99. The van der Waals surface area contributed by atoms with E-state index in [1.54, 1.807) is 11.6 Å². The monoisotopic (exact) mass is 533 g/mol. The summed E-state index contributed by atoms with van der Waals surface area (Å²) in [6.07, 6.45) is 7.78. The molecule has 9 heteroatoms. The van der Waals surface area contributed by atoms with Crippen LogP contribution in [0.15, 0.2) is 35.3 Å². The maximum Gasteiger partial charge on any atom is 0.253 e. The Bertz CT molecular complexity index is 1370. The van der Waals surface area contributed by atoms with Gasteiger partial charge >= 0.3 is 0 Å². The lowest BCUT2D eigenvalue weighted by atomic mass is 9.80. The molecule has 1 unspecified atom stereocenters. The minimum absolute atomic E-state index is 0.000556. The Balaban J connectivity index is 1.52. The van der Waals surface area contributed by atoms with Crippen LogP contribution in [0.25, 0.3) is 22.0 Å². The summed E-state index contributed by atoms with van der Waals surface area (Å²) in [5.41, 5.74) is 3.28. The minimum atomic E-state index is -1.00. The Labute approximate surface area is 229 Å². The quantitative estimate of drug-likeness (QED) is 0.459. The normalized spacial score (nSPS) is 26.6. The zero-order valence-corrected chi connectivity index (χ0v) is 22.9. The summed E-state index contributed by atoms with van der Waals surface area (Å²) < 4.78 is 14.3. The highest BCUT2D eigenvalue weighted by Crippen LogP contribution is 2.39. The third-order valence-corrected chi connectivity index (χ3v) is 8.68. The smallest absolute Gasteiger partial charge is 0.253 e. The lowest BCUT2D eigenvalue weighted by Crippen LogP contribution is -2.51. The molecule has 3 N–H and O–H groups in total. The number of aryl methyl sites for hydroxylation is 2. The second-order valence-corrected chi connectivity index (χ2v) is 11.3. The molecule has 0 amide bonds. The molecule has 0 spiro atoms. The van der Waals surface area contributed by atoms with E-state index in [1.807, 2.05) is 31.3 Å². The molecule has 3 atom stereocenters. The summed E-state index contributed by atoms with van der Waals surface area (Å²) >= 11 is 0. The number of morpholine rings is 2. The maximum absolute atomic E-state index is 12.3. The van der Waals surface area contributed by atoms with Gasteiger partial charge < -0.3 is 29.8 Å². The molecule has 1 saturated carbocycles. The number of ether oxygens (including phenoxy) is 2. The fourth-order valence-corrected chi connectivity index (χ4v) is 6.54. The van der Waals surface area contributed by atoms with E-state index in [0.717, 1.165) is 40.8 Å². The van der Waals surface area contributed by atoms with Gasteiger partial charge in [-0.1, -0.05) is 25.3 Å². The third-order valence-electron chi connectivity index (χ3n) is 8.68. The van der Waals surface area contributed by atoms with Crippen LogP contribution in [0.2, 0.25) is 0 Å². The molecule has 3 aromatic rings. The molecule has 3 aliphatic rings. The molecule has 2 aromatic heterocycles. The Morgan fingerprint density at radius 1 is 1.10 bits per heavy atom. The first-order valence-electron chi connectivity index (χ1n) is 14.3. The van der Waals surface area contributed by atoms with Crippen molar-refractivity contribution < 1.29 is 14.6 Å². The van der Waals surface area contributed by atoms with E-state index in [9.17, 15) is 9.90 Å². The fourth-order valence-electron chi connectivity index (χ4n) is 6.54. The van der Waals surface area contributed by atoms with Crippen LogP contribution >= 0.6 is 0 Å². The minimum Gasteiger partial charge on any atom is -0.393 e. The number of nitrogens with one attached hydrogen (secondary N) is 2. The van der Waals surface area contributed by atoms with Crippen LogP contribution in [0, 0.1) is 12.8 Å². The number of fused-ring (bicyclic) bond motifs is 1. The van der Waals surface area contributed by atoms with Crippen molar-refractivity contribution in [3.05, 3.63) is 57.9 Å². The van der Waals surface area contributed by atoms with Crippen LogP contribution in [-0.4, -0.2) is 65.1 Å². The molecule has 208 valence electrons. The largest absolute Gasteiger partial charge is 0.393 e. The van der Waals surface area contributed by atoms with Crippen molar-refractivity contribution in [2.24, 2.45) is 13.0 Å². The number of pyridine rings is 1. The maximum atomic E-state index is 12.3. The summed E-state index contributed by atoms with van der Waals surface area (Å²) in [6, 6.07) is 8.25. The lowest BCUT2D eigenvalue weighted by molar-refractivity contribution is -0.108. The molecule has 0 radical (unpaired) electrons. The van der Waals surface area contributed by atoms with Crippen LogP contribution in [0.4, 0.5) is 0 Å². The van der Waals surface area contributed by atoms with E-state index in [0.29, 0.717) is 37.1 Å². The van der Waals surface area contributed by atoms with Crippen LogP contribution in [-0.2, 0) is 22.1 Å². The van der Waals surface area contributed by atoms with Gasteiger partial charge in [-0.2, -0.15) is 0 Å². The van der Waals surface area contributed by atoms with E-state index < -0.39 is 5.60 Å². The standard InChI is InChI=1S/C30H39N5O4/c1-19-14-22(16-35(2)28(19)37)21-8-9-24-23(15-21)26(34-29(33-24)30(18-36)17-31-10-13-39-30)27-25(32-11-12-38-27)20-6-4-3-5-7-20/h8-9,14-16,20,25,27,31-32,36H,3-7,10-13,17-18H2,1-2H3/t25?,27-,30+/m0/s1. The Hall–Kier alpha value is -2.69. The second-order valence-electron chi connectivity index (χ2n) is 11.3. The molecule has 1 aromatic carbocycles. The van der Waals surface area contributed by atoms with Crippen LogP contribution < -0.4 is 16.2 Å². The topological polar surface area (TPSA) is 111 Å². The number of aliphatic hydroxyl groups is 1. The van der Waals surface area contributed by atoms with Gasteiger partial charge in [0.05, 0.1) is 31.0 Å². The zero-order chi connectivity index (χ0) is 27.0. The number of aromatic nitrogens is 3. The summed E-state index contributed by atoms with van der Waals surface area (Å²) in [7, 11) is 1.78. The van der Waals surface area contributed by atoms with E-state index in [-0.39, 0.29) is 24.3 Å². The first kappa shape index (κ1) is 26.5. The molecule has 6 rings (SSSR count). The van der Waals surface area contributed by atoms with Crippen molar-refractivity contribution in [1.82, 2.24) is 25.2 Å². The van der Waals surface area contributed by atoms with E-state index in [2.05, 4.69) is 16.7 Å². The van der Waals surface area contributed by atoms with Gasteiger partial charge in [-0.3, -0.25) is 4.79 Å². The van der Waals surface area contributed by atoms with Gasteiger partial charge in [0, 0.05) is 49.9 Å². The number of hydrogen-bond donors (Lipinski definition) is 3. The zero-order valence-electron chi connectivity index (χ0n) is 22.9. The van der Waals surface area contributed by atoms with E-state index in [4.69, 9.17) is 19.4 Å². The van der Waals surface area contributed by atoms with Crippen LogP contribution in [0.3, 0.4) is 0 Å². The van der Waals surface area contributed by atoms with Crippen molar-refractivity contribution in [2.75, 3.05) is 39.5 Å². The first-order valence-corrected chi connectivity index (χ1v) is 14.3. The van der Waals surface area contributed by atoms with Gasteiger partial charge in [0.25, 0.3) is 5.56 Å². The third kappa shape index (κ3) is 5.02. The van der Waals surface area contributed by atoms with Crippen molar-refractivity contribution in [3.63, 3.8) is 0 Å². The number of nitrogens with zero attached hydrogens (tertiary/aromatic N) is 3. The van der Waals surface area contributed by atoms with E-state index in [1.165, 1.54) is 32.1 Å². The molecule has 4 heterocycles. The summed E-state index contributed by atoms with van der Waals surface area (Å²) in [6.45, 7) is 4.71. The van der Waals surface area contributed by atoms with Crippen molar-refractivity contribution in [1.29, 1.82) is 0 Å². The number of aliphatic hydroxyl groups excluding tert-OH is 1. The predicted molar refractivity (Wildman–Crippen MR) is 150 cm³/mol. The van der Waals surface area contributed by atoms with Crippen molar-refractivity contribution >= 4 is 10.9 Å². The molecular weight excluding hydrogens is 494 g/mol. The Morgan fingerprint density at radius 2 is 1.95 bits per heavy atom. The van der Waals surface area contributed by atoms with Gasteiger partial charge in [0.2, 0.25) is 0 Å². The molecule has 2 saturated heterocycles. The first-order chi connectivity index (χ1) is 19.0.